The van der Waals surface area contributed by atoms with Gasteiger partial charge in [0.05, 0.1) is 22.3 Å². The highest BCUT2D eigenvalue weighted by molar-refractivity contribution is 6.32. The van der Waals surface area contributed by atoms with Gasteiger partial charge in [-0.05, 0) is 12.1 Å². The molecular weight excluding hydrogens is 217 g/mol. The number of nitrogens with zero attached hydrogens (tertiary/aromatic N) is 1. The molecule has 0 atom stereocenters. The summed E-state index contributed by atoms with van der Waals surface area (Å²) >= 11 is 5.48. The van der Waals surface area contributed by atoms with E-state index < -0.39 is 11.7 Å². The second-order valence-corrected chi connectivity index (χ2v) is 3.19. The minimum absolute atomic E-state index is 0.325. The molecule has 1 aromatic carbocycles. The zero-order chi connectivity index (χ0) is 10.3. The van der Waals surface area contributed by atoms with Crippen molar-refractivity contribution >= 4 is 22.5 Å². The van der Waals surface area contributed by atoms with Crippen LogP contribution in [0.1, 0.15) is 5.56 Å². The molecule has 0 fully saturated rings. The molecule has 2 rings (SSSR count). The maximum absolute atomic E-state index is 12.4. The van der Waals surface area contributed by atoms with Crippen LogP contribution >= 0.6 is 11.6 Å². The second-order valence-electron chi connectivity index (χ2n) is 2.79. The molecule has 0 radical (unpaired) electrons. The average Bonchev–Trinajstić information content (AvgIpc) is 2.47. The molecule has 6 heteroatoms. The first kappa shape index (κ1) is 9.33. The first-order valence-electron chi connectivity index (χ1n) is 3.68. The predicted molar refractivity (Wildman–Crippen MR) is 46.1 cm³/mol. The van der Waals surface area contributed by atoms with Crippen molar-refractivity contribution in [2.75, 3.05) is 0 Å². The Morgan fingerprint density at radius 2 is 2.00 bits per heavy atom. The Morgan fingerprint density at radius 1 is 1.29 bits per heavy atom. The molecule has 0 bridgehead atoms. The van der Waals surface area contributed by atoms with Gasteiger partial charge >= 0.3 is 6.18 Å². The van der Waals surface area contributed by atoms with E-state index in [2.05, 4.69) is 10.2 Å². The van der Waals surface area contributed by atoms with E-state index in [0.717, 1.165) is 6.07 Å². The lowest BCUT2D eigenvalue weighted by Gasteiger charge is -2.08. The van der Waals surface area contributed by atoms with Crippen LogP contribution in [0.15, 0.2) is 18.3 Å². The zero-order valence-electron chi connectivity index (χ0n) is 6.69. The Morgan fingerprint density at radius 3 is 2.64 bits per heavy atom. The van der Waals surface area contributed by atoms with Crippen molar-refractivity contribution in [2.24, 2.45) is 0 Å². The zero-order valence-corrected chi connectivity index (χ0v) is 7.45. The highest BCUT2D eigenvalue weighted by Gasteiger charge is 2.33. The standard InChI is InChI=1S/C8H4ClF3N2/c9-6-2-7-4(3-13-14-7)1-5(6)8(10,11)12/h1-3H,(H,13,14). The molecule has 1 aromatic heterocycles. The van der Waals surface area contributed by atoms with Gasteiger partial charge in [-0.2, -0.15) is 18.3 Å². The van der Waals surface area contributed by atoms with E-state index in [1.54, 1.807) is 0 Å². The summed E-state index contributed by atoms with van der Waals surface area (Å²) in [7, 11) is 0. The van der Waals surface area contributed by atoms with E-state index >= 15 is 0 Å². The second kappa shape index (κ2) is 2.88. The van der Waals surface area contributed by atoms with Gasteiger partial charge in [-0.3, -0.25) is 5.10 Å². The largest absolute Gasteiger partial charge is 0.417 e. The maximum Gasteiger partial charge on any atom is 0.417 e. The number of benzene rings is 1. The summed E-state index contributed by atoms with van der Waals surface area (Å²) in [5.74, 6) is 0. The fourth-order valence-corrected chi connectivity index (χ4v) is 1.45. The number of aromatic nitrogens is 2. The van der Waals surface area contributed by atoms with Crippen molar-refractivity contribution in [3.05, 3.63) is 28.9 Å². The van der Waals surface area contributed by atoms with Crippen LogP contribution in [0, 0.1) is 0 Å². The summed E-state index contributed by atoms with van der Waals surface area (Å²) in [6.45, 7) is 0. The highest BCUT2D eigenvalue weighted by atomic mass is 35.5. The first-order chi connectivity index (χ1) is 6.48. The quantitative estimate of drug-likeness (QED) is 0.726. The molecule has 1 N–H and O–H groups in total. The first-order valence-corrected chi connectivity index (χ1v) is 4.06. The van der Waals surface area contributed by atoms with Gasteiger partial charge in [0.2, 0.25) is 0 Å². The van der Waals surface area contributed by atoms with Crippen LogP contribution in [0.2, 0.25) is 5.02 Å². The van der Waals surface area contributed by atoms with E-state index in [9.17, 15) is 13.2 Å². The van der Waals surface area contributed by atoms with Gasteiger partial charge in [-0.1, -0.05) is 11.6 Å². The van der Waals surface area contributed by atoms with Crippen molar-refractivity contribution in [2.45, 2.75) is 6.18 Å². The lowest BCUT2D eigenvalue weighted by atomic mass is 10.1. The molecule has 0 aliphatic carbocycles. The third kappa shape index (κ3) is 1.43. The minimum Gasteiger partial charge on any atom is -0.278 e. The van der Waals surface area contributed by atoms with Crippen molar-refractivity contribution in [1.82, 2.24) is 10.2 Å². The van der Waals surface area contributed by atoms with Crippen LogP contribution in [0.4, 0.5) is 13.2 Å². The van der Waals surface area contributed by atoms with E-state index in [1.165, 1.54) is 12.3 Å². The summed E-state index contributed by atoms with van der Waals surface area (Å²) in [4.78, 5) is 0. The molecule has 2 aromatic rings. The molecule has 0 aliphatic rings. The summed E-state index contributed by atoms with van der Waals surface area (Å²) in [6, 6.07) is 2.19. The Balaban J connectivity index is 2.71. The van der Waals surface area contributed by atoms with Gasteiger partial charge < -0.3 is 0 Å². The van der Waals surface area contributed by atoms with Crippen LogP contribution in [-0.2, 0) is 6.18 Å². The SMILES string of the molecule is FC(F)(F)c1cc2cn[nH]c2cc1Cl. The number of fused-ring (bicyclic) bond motifs is 1. The molecule has 0 amide bonds. The lowest BCUT2D eigenvalue weighted by Crippen LogP contribution is -2.05. The fraction of sp³-hybridized carbons (Fsp3) is 0.125. The van der Waals surface area contributed by atoms with Crippen LogP contribution in [0.3, 0.4) is 0 Å². The number of alkyl halides is 3. The molecule has 0 unspecified atom stereocenters. The minimum atomic E-state index is -4.43. The predicted octanol–water partition coefficient (Wildman–Crippen LogP) is 3.24. The van der Waals surface area contributed by atoms with E-state index in [1.807, 2.05) is 0 Å². The number of aromatic amines is 1. The summed E-state index contributed by atoms with van der Waals surface area (Å²) in [6.07, 6.45) is -3.11. The number of nitrogens with one attached hydrogen (secondary N) is 1. The number of hydrogen-bond acceptors (Lipinski definition) is 1. The topological polar surface area (TPSA) is 28.7 Å². The molecular formula is C8H4ClF3N2. The van der Waals surface area contributed by atoms with E-state index in [0.29, 0.717) is 10.9 Å². The molecule has 2 nitrogen and oxygen atoms in total. The molecule has 1 heterocycles. The van der Waals surface area contributed by atoms with Crippen LogP contribution in [0.5, 0.6) is 0 Å². The summed E-state index contributed by atoms with van der Waals surface area (Å²) in [5.41, 5.74) is -0.351. The van der Waals surface area contributed by atoms with Crippen molar-refractivity contribution in [3.8, 4) is 0 Å². The molecule has 0 spiro atoms. The molecule has 74 valence electrons. The fourth-order valence-electron chi connectivity index (χ4n) is 1.18. The van der Waals surface area contributed by atoms with E-state index in [4.69, 9.17) is 11.6 Å². The molecule has 14 heavy (non-hydrogen) atoms. The van der Waals surface area contributed by atoms with Crippen LogP contribution < -0.4 is 0 Å². The number of halogens is 4. The number of H-pyrrole nitrogens is 1. The van der Waals surface area contributed by atoms with Gasteiger partial charge in [0, 0.05) is 5.39 Å². The van der Waals surface area contributed by atoms with Crippen LogP contribution in [-0.4, -0.2) is 10.2 Å². The highest BCUT2D eigenvalue weighted by Crippen LogP contribution is 2.36. The van der Waals surface area contributed by atoms with Crippen LogP contribution in [0.25, 0.3) is 10.9 Å². The smallest absolute Gasteiger partial charge is 0.278 e. The summed E-state index contributed by atoms with van der Waals surface area (Å²) in [5, 5.41) is 6.22. The molecule has 0 aliphatic heterocycles. The van der Waals surface area contributed by atoms with Crippen molar-refractivity contribution in [1.29, 1.82) is 0 Å². The van der Waals surface area contributed by atoms with Gasteiger partial charge in [0.15, 0.2) is 0 Å². The normalized spacial score (nSPS) is 12.3. The Bertz CT molecular complexity index is 475. The monoisotopic (exact) mass is 220 g/mol. The van der Waals surface area contributed by atoms with Gasteiger partial charge in [-0.15, -0.1) is 0 Å². The number of rotatable bonds is 0. The molecule has 0 saturated heterocycles. The van der Waals surface area contributed by atoms with Gasteiger partial charge in [-0.25, -0.2) is 0 Å². The Kier molecular flexibility index (Phi) is 1.92. The maximum atomic E-state index is 12.4. The average molecular weight is 221 g/mol. The lowest BCUT2D eigenvalue weighted by molar-refractivity contribution is -0.137. The van der Waals surface area contributed by atoms with E-state index in [-0.39, 0.29) is 5.02 Å². The third-order valence-electron chi connectivity index (χ3n) is 1.83. The molecule has 0 saturated carbocycles. The van der Waals surface area contributed by atoms with Crippen molar-refractivity contribution < 1.29 is 13.2 Å². The third-order valence-corrected chi connectivity index (χ3v) is 2.15. The Hall–Kier alpha value is -1.23. The number of hydrogen-bond donors (Lipinski definition) is 1. The van der Waals surface area contributed by atoms with Gasteiger partial charge in [0.1, 0.15) is 0 Å². The summed E-state index contributed by atoms with van der Waals surface area (Å²) < 4.78 is 37.1. The van der Waals surface area contributed by atoms with Crippen molar-refractivity contribution in [3.63, 3.8) is 0 Å². The Labute approximate surface area is 81.7 Å². The van der Waals surface area contributed by atoms with Gasteiger partial charge in [0.25, 0.3) is 0 Å².